The predicted octanol–water partition coefficient (Wildman–Crippen LogP) is 5.81. The van der Waals surface area contributed by atoms with Gasteiger partial charge in [-0.05, 0) is 11.8 Å². The van der Waals surface area contributed by atoms with Crippen molar-refractivity contribution in [2.75, 3.05) is 0 Å². The topological polar surface area (TPSA) is 0 Å². The largest absolute Gasteiger partial charge is 0.0654 e. The van der Waals surface area contributed by atoms with Gasteiger partial charge >= 0.3 is 0 Å². The molecule has 92 valence electrons. The lowest BCUT2D eigenvalue weighted by atomic mass is 9.79. The molecule has 0 aromatic heterocycles. The number of hydrogen-bond donors (Lipinski definition) is 0. The van der Waals surface area contributed by atoms with Crippen molar-refractivity contribution in [3.63, 3.8) is 0 Å². The summed E-state index contributed by atoms with van der Waals surface area (Å²) in [6, 6.07) is 0. The summed E-state index contributed by atoms with van der Waals surface area (Å²) >= 11 is 0. The minimum Gasteiger partial charge on any atom is -0.0654 e. The fourth-order valence-electron chi connectivity index (χ4n) is 2.39. The summed E-state index contributed by atoms with van der Waals surface area (Å²) in [5.41, 5.74) is 0. The summed E-state index contributed by atoms with van der Waals surface area (Å²) in [6.07, 6.45) is 13.0. The lowest BCUT2D eigenvalue weighted by molar-refractivity contribution is 0.251. The fraction of sp³-hybridized carbons (Fsp3) is 1.00. The van der Waals surface area contributed by atoms with Crippen LogP contribution in [-0.4, -0.2) is 0 Å². The summed E-state index contributed by atoms with van der Waals surface area (Å²) in [6.45, 7) is 9.11. The van der Waals surface area contributed by atoms with Gasteiger partial charge in [0.15, 0.2) is 0 Å². The van der Waals surface area contributed by atoms with Gasteiger partial charge in [0.2, 0.25) is 0 Å². The Morgan fingerprint density at radius 2 is 1.40 bits per heavy atom. The van der Waals surface area contributed by atoms with Crippen molar-refractivity contribution < 1.29 is 0 Å². The first-order valence-electron chi connectivity index (χ1n) is 7.26. The maximum Gasteiger partial charge on any atom is -0.0388 e. The average molecular weight is 212 g/mol. The summed E-state index contributed by atoms with van der Waals surface area (Å²) < 4.78 is 0. The van der Waals surface area contributed by atoms with Crippen LogP contribution in [-0.2, 0) is 0 Å². The standard InChI is InChI=1S/C11H22.C4H10/c1-3-7-10(2)11-8-5-4-6-9-11;1-3-4-2/h10-11H,3-9H2,1-2H3;3-4H2,1-2H3. The molecule has 0 aromatic carbocycles. The monoisotopic (exact) mass is 212 g/mol. The van der Waals surface area contributed by atoms with E-state index in [1.54, 1.807) is 0 Å². The Hall–Kier alpha value is 0. The van der Waals surface area contributed by atoms with E-state index in [1.165, 1.54) is 57.8 Å². The summed E-state index contributed by atoms with van der Waals surface area (Å²) in [5.74, 6) is 2.07. The van der Waals surface area contributed by atoms with Crippen LogP contribution < -0.4 is 0 Å². The molecule has 0 heteroatoms. The van der Waals surface area contributed by atoms with Crippen molar-refractivity contribution in [1.82, 2.24) is 0 Å². The van der Waals surface area contributed by atoms with E-state index in [0.717, 1.165) is 11.8 Å². The van der Waals surface area contributed by atoms with Crippen LogP contribution in [0.4, 0.5) is 0 Å². The molecular weight excluding hydrogens is 180 g/mol. The van der Waals surface area contributed by atoms with E-state index in [4.69, 9.17) is 0 Å². The molecule has 0 aliphatic heterocycles. The van der Waals surface area contributed by atoms with Gasteiger partial charge in [0.05, 0.1) is 0 Å². The molecule has 1 atom stereocenters. The molecular formula is C15H32. The van der Waals surface area contributed by atoms with Gasteiger partial charge in [-0.25, -0.2) is 0 Å². The van der Waals surface area contributed by atoms with Gasteiger partial charge in [0.1, 0.15) is 0 Å². The summed E-state index contributed by atoms with van der Waals surface area (Å²) in [7, 11) is 0. The van der Waals surface area contributed by atoms with Gasteiger partial charge < -0.3 is 0 Å². The molecule has 1 fully saturated rings. The first kappa shape index (κ1) is 15.0. The van der Waals surface area contributed by atoms with Crippen LogP contribution in [0, 0.1) is 11.8 Å². The van der Waals surface area contributed by atoms with Crippen molar-refractivity contribution in [2.45, 2.75) is 85.5 Å². The molecule has 0 spiro atoms. The predicted molar refractivity (Wildman–Crippen MR) is 71.2 cm³/mol. The Morgan fingerprint density at radius 3 is 1.80 bits per heavy atom. The molecule has 1 saturated carbocycles. The number of unbranched alkanes of at least 4 members (excludes halogenated alkanes) is 1. The van der Waals surface area contributed by atoms with Crippen LogP contribution in [0.15, 0.2) is 0 Å². The highest BCUT2D eigenvalue weighted by molar-refractivity contribution is 4.70. The smallest absolute Gasteiger partial charge is 0.0388 e. The zero-order chi connectivity index (χ0) is 11.5. The van der Waals surface area contributed by atoms with Gasteiger partial charge in [-0.3, -0.25) is 0 Å². The summed E-state index contributed by atoms with van der Waals surface area (Å²) in [4.78, 5) is 0. The molecule has 0 heterocycles. The van der Waals surface area contributed by atoms with E-state index < -0.39 is 0 Å². The van der Waals surface area contributed by atoms with Crippen LogP contribution in [0.3, 0.4) is 0 Å². The average Bonchev–Trinajstić information content (AvgIpc) is 2.31. The molecule has 0 bridgehead atoms. The number of rotatable bonds is 4. The molecule has 0 saturated heterocycles. The highest BCUT2D eigenvalue weighted by atomic mass is 14.2. The van der Waals surface area contributed by atoms with Gasteiger partial charge in [-0.15, -0.1) is 0 Å². The van der Waals surface area contributed by atoms with Crippen LogP contribution in [0.2, 0.25) is 0 Å². The Bertz CT molecular complexity index is 109. The maximum atomic E-state index is 2.44. The molecule has 0 amide bonds. The third-order valence-corrected chi connectivity index (χ3v) is 3.70. The highest BCUT2D eigenvalue weighted by Crippen LogP contribution is 2.31. The quantitative estimate of drug-likeness (QED) is 0.551. The first-order chi connectivity index (χ1) is 7.26. The molecule has 1 unspecified atom stereocenters. The van der Waals surface area contributed by atoms with Crippen LogP contribution in [0.5, 0.6) is 0 Å². The second kappa shape index (κ2) is 10.5. The molecule has 0 radical (unpaired) electrons. The van der Waals surface area contributed by atoms with E-state index in [2.05, 4.69) is 27.7 Å². The minimum absolute atomic E-state index is 1.00. The Balaban J connectivity index is 0.000000423. The SMILES string of the molecule is CCCC.CCCC(C)C1CCCCC1. The second-order valence-electron chi connectivity index (χ2n) is 5.16. The van der Waals surface area contributed by atoms with Gasteiger partial charge in [0.25, 0.3) is 0 Å². The molecule has 0 nitrogen and oxygen atoms in total. The second-order valence-corrected chi connectivity index (χ2v) is 5.16. The van der Waals surface area contributed by atoms with E-state index in [9.17, 15) is 0 Å². The third-order valence-electron chi connectivity index (χ3n) is 3.70. The maximum absolute atomic E-state index is 2.44. The Morgan fingerprint density at radius 1 is 0.867 bits per heavy atom. The van der Waals surface area contributed by atoms with Crippen LogP contribution in [0.25, 0.3) is 0 Å². The molecule has 1 rings (SSSR count). The van der Waals surface area contributed by atoms with E-state index in [-0.39, 0.29) is 0 Å². The van der Waals surface area contributed by atoms with E-state index in [1.807, 2.05) is 0 Å². The lowest BCUT2D eigenvalue weighted by Crippen LogP contribution is -2.14. The van der Waals surface area contributed by atoms with Crippen LogP contribution >= 0.6 is 0 Å². The highest BCUT2D eigenvalue weighted by Gasteiger charge is 2.18. The zero-order valence-corrected chi connectivity index (χ0v) is 11.5. The minimum atomic E-state index is 1.00. The van der Waals surface area contributed by atoms with E-state index >= 15 is 0 Å². The molecule has 0 aromatic rings. The zero-order valence-electron chi connectivity index (χ0n) is 11.5. The Labute approximate surface area is 97.8 Å². The molecule has 1 aliphatic rings. The molecule has 0 N–H and O–H groups in total. The van der Waals surface area contributed by atoms with Crippen molar-refractivity contribution >= 4 is 0 Å². The van der Waals surface area contributed by atoms with Crippen molar-refractivity contribution in [1.29, 1.82) is 0 Å². The van der Waals surface area contributed by atoms with Crippen molar-refractivity contribution in [3.05, 3.63) is 0 Å². The molecule has 1 aliphatic carbocycles. The Kier molecular flexibility index (Phi) is 10.5. The van der Waals surface area contributed by atoms with E-state index in [0.29, 0.717) is 0 Å². The number of hydrogen-bond acceptors (Lipinski definition) is 0. The first-order valence-corrected chi connectivity index (χ1v) is 7.26. The fourth-order valence-corrected chi connectivity index (χ4v) is 2.39. The van der Waals surface area contributed by atoms with Gasteiger partial charge in [-0.2, -0.15) is 0 Å². The van der Waals surface area contributed by atoms with Crippen molar-refractivity contribution in [3.8, 4) is 0 Å². The van der Waals surface area contributed by atoms with Crippen LogP contribution in [0.1, 0.15) is 85.5 Å². The third kappa shape index (κ3) is 7.88. The normalized spacial score (nSPS) is 19.2. The van der Waals surface area contributed by atoms with Crippen molar-refractivity contribution in [2.24, 2.45) is 11.8 Å². The lowest BCUT2D eigenvalue weighted by Gasteiger charge is -2.27. The van der Waals surface area contributed by atoms with Gasteiger partial charge in [-0.1, -0.05) is 85.5 Å². The molecule has 15 heavy (non-hydrogen) atoms. The summed E-state index contributed by atoms with van der Waals surface area (Å²) in [5, 5.41) is 0. The van der Waals surface area contributed by atoms with Gasteiger partial charge in [0, 0.05) is 0 Å².